The summed E-state index contributed by atoms with van der Waals surface area (Å²) in [6.07, 6.45) is 0. The number of aromatic nitrogens is 8. The number of nitrogens with one attached hydrogen (secondary N) is 4. The molecule has 5 aromatic carbocycles. The molecule has 4 heterocycles. The number of aromatic hydroxyl groups is 2. The minimum atomic E-state index is -0.532. The number of amides is 1. The molecule has 0 saturated carbocycles. The molecule has 0 radical (unpaired) electrons. The summed E-state index contributed by atoms with van der Waals surface area (Å²) in [5.41, 5.74) is 13.4. The number of methoxy groups -OCH3 is 2. The predicted octanol–water partition coefficient (Wildman–Crippen LogP) is 7.34. The lowest BCUT2D eigenvalue weighted by molar-refractivity contribution is -0.731. The van der Waals surface area contributed by atoms with E-state index in [1.807, 2.05) is 77.5 Å². The first-order chi connectivity index (χ1) is 28.6. The summed E-state index contributed by atoms with van der Waals surface area (Å²) in [4.78, 5) is 26.8. The van der Waals surface area contributed by atoms with Crippen LogP contribution in [0.4, 0.5) is 0 Å². The average molecular weight is 851 g/mol. The summed E-state index contributed by atoms with van der Waals surface area (Å²) in [5, 5.41) is 41.0. The number of carbonyl (C=O) groups is 1. The number of fused-ring (bicyclic) bond motifs is 2. The molecule has 8 N–H and O–H groups in total. The predicted molar refractivity (Wildman–Crippen MR) is 224 cm³/mol. The van der Waals surface area contributed by atoms with Crippen LogP contribution in [0.2, 0.25) is 0 Å². The van der Waals surface area contributed by atoms with Gasteiger partial charge in [0.05, 0.1) is 47.9 Å². The van der Waals surface area contributed by atoms with Gasteiger partial charge in [-0.2, -0.15) is 15.5 Å². The van der Waals surface area contributed by atoms with Crippen LogP contribution in [0.5, 0.6) is 23.0 Å². The van der Waals surface area contributed by atoms with Crippen LogP contribution in [0.3, 0.4) is 0 Å². The van der Waals surface area contributed by atoms with Gasteiger partial charge < -0.3 is 35.4 Å². The molecule has 0 aliphatic rings. The van der Waals surface area contributed by atoms with Crippen molar-refractivity contribution in [1.82, 2.24) is 35.2 Å². The number of hydrogen-bond acceptors (Lipinski definition) is 9. The Morgan fingerprint density at radius 1 is 0.797 bits per heavy atom. The Balaban J connectivity index is 0.000000169. The molecular weight excluding hydrogens is 816 g/mol. The molecule has 4 aromatic heterocycles. The van der Waals surface area contributed by atoms with E-state index in [0.29, 0.717) is 68.7 Å². The van der Waals surface area contributed by atoms with Crippen molar-refractivity contribution in [2.75, 3.05) is 14.2 Å². The van der Waals surface area contributed by atoms with E-state index in [9.17, 15) is 15.0 Å². The number of carbonyl (C=O) groups excluding carboxylic acids is 1. The van der Waals surface area contributed by atoms with Gasteiger partial charge >= 0.3 is 5.69 Å². The van der Waals surface area contributed by atoms with Crippen molar-refractivity contribution in [2.24, 2.45) is 5.73 Å². The molecule has 16 heteroatoms. The summed E-state index contributed by atoms with van der Waals surface area (Å²) in [6.45, 7) is 0.501. The summed E-state index contributed by atoms with van der Waals surface area (Å²) < 4.78 is 13.4. The number of nitrogens with zero attached hydrogens (tertiary/aromatic N) is 5. The molecule has 0 saturated heterocycles. The Labute approximate surface area is 343 Å². The van der Waals surface area contributed by atoms with Crippen molar-refractivity contribution in [3.63, 3.8) is 0 Å². The standard InChI is InChI=1S/C25H21BrN4O3.C18H12N6O2/c1-32-18-8-6-15(7-9-18)14-30-23(24(31)22(29-30)16-4-3-5-17(26)12-16)25-27-20-11-10-19(33-2)13-21(20)28-25;19-8-9-1-3-10(4-2-9)14-16(25)15(24-23-14)18-21-12-6-5-11(17(20)26)7-13(12)22-18/h3-13H,14H2,1-2H3,(H2,27,28,29,31);1-7,25H,(H2,20,26)(H,21,22)(H,23,24)/p+1. The molecule has 9 rings (SSSR count). The molecule has 9 aromatic rings. The first-order valence-electron chi connectivity index (χ1n) is 18.0. The Hall–Kier alpha value is -7.90. The van der Waals surface area contributed by atoms with Gasteiger partial charge in [0.1, 0.15) is 22.9 Å². The van der Waals surface area contributed by atoms with Gasteiger partial charge in [-0.05, 0) is 78.9 Å². The third-order valence-corrected chi connectivity index (χ3v) is 10.0. The Morgan fingerprint density at radius 2 is 1.47 bits per heavy atom. The summed E-state index contributed by atoms with van der Waals surface area (Å²) >= 11 is 3.51. The molecule has 0 atom stereocenters. The largest absolute Gasteiger partial charge is 0.504 e. The zero-order valence-electron chi connectivity index (χ0n) is 31.4. The van der Waals surface area contributed by atoms with E-state index in [0.717, 1.165) is 38.1 Å². The van der Waals surface area contributed by atoms with Crippen LogP contribution >= 0.6 is 15.9 Å². The van der Waals surface area contributed by atoms with E-state index in [1.165, 1.54) is 0 Å². The smallest absolute Gasteiger partial charge is 0.316 e. The highest BCUT2D eigenvalue weighted by atomic mass is 79.9. The second kappa shape index (κ2) is 15.9. The number of rotatable bonds is 9. The van der Waals surface area contributed by atoms with Crippen molar-refractivity contribution < 1.29 is 29.2 Å². The molecule has 59 heavy (non-hydrogen) atoms. The van der Waals surface area contributed by atoms with E-state index >= 15 is 0 Å². The monoisotopic (exact) mass is 849 g/mol. The van der Waals surface area contributed by atoms with Gasteiger partial charge in [-0.25, -0.2) is 9.97 Å². The molecule has 0 fully saturated rings. The van der Waals surface area contributed by atoms with Gasteiger partial charge in [0.25, 0.3) is 0 Å². The van der Waals surface area contributed by atoms with E-state index in [2.05, 4.69) is 46.2 Å². The number of ether oxygens (including phenoxy) is 2. The number of nitriles is 1. The zero-order chi connectivity index (χ0) is 41.2. The fraction of sp³-hybridized carbons (Fsp3) is 0.0698. The van der Waals surface area contributed by atoms with Crippen LogP contribution in [-0.4, -0.2) is 65.6 Å². The van der Waals surface area contributed by atoms with Gasteiger partial charge in [-0.3, -0.25) is 9.89 Å². The van der Waals surface area contributed by atoms with Crippen LogP contribution in [-0.2, 0) is 6.54 Å². The summed E-state index contributed by atoms with van der Waals surface area (Å²) in [6, 6.07) is 34.9. The number of hydrogen-bond donors (Lipinski definition) is 7. The maximum atomic E-state index is 11.3. The number of imidazole rings is 2. The minimum Gasteiger partial charge on any atom is -0.504 e. The topological polar surface area (TPSA) is 232 Å². The fourth-order valence-corrected chi connectivity index (χ4v) is 6.92. The minimum absolute atomic E-state index is 0.0658. The summed E-state index contributed by atoms with van der Waals surface area (Å²) in [7, 11) is 3.27. The van der Waals surface area contributed by atoms with Gasteiger partial charge in [0.2, 0.25) is 17.5 Å². The lowest BCUT2D eigenvalue weighted by Crippen LogP contribution is -2.38. The van der Waals surface area contributed by atoms with E-state index in [1.54, 1.807) is 56.7 Å². The number of H-pyrrole nitrogens is 4. The Kier molecular flexibility index (Phi) is 10.3. The van der Waals surface area contributed by atoms with Crippen molar-refractivity contribution in [2.45, 2.75) is 6.54 Å². The van der Waals surface area contributed by atoms with Gasteiger partial charge in [0.15, 0.2) is 23.8 Å². The normalized spacial score (nSPS) is 10.9. The highest BCUT2D eigenvalue weighted by Gasteiger charge is 2.30. The molecular formula is C43H34BrN10O5+. The summed E-state index contributed by atoms with van der Waals surface area (Å²) in [5.74, 6) is 1.98. The Morgan fingerprint density at radius 3 is 2.17 bits per heavy atom. The van der Waals surface area contributed by atoms with Gasteiger partial charge in [-0.15, -0.1) is 0 Å². The van der Waals surface area contributed by atoms with Gasteiger partial charge in [0, 0.05) is 32.8 Å². The van der Waals surface area contributed by atoms with Crippen molar-refractivity contribution in [3.05, 3.63) is 130 Å². The number of halogens is 1. The lowest BCUT2D eigenvalue weighted by atomic mass is 10.1. The second-order valence-electron chi connectivity index (χ2n) is 13.3. The van der Waals surface area contributed by atoms with Crippen LogP contribution in [0, 0.1) is 11.3 Å². The molecule has 1 amide bonds. The van der Waals surface area contributed by atoms with E-state index in [4.69, 9.17) is 25.5 Å². The van der Waals surface area contributed by atoms with Crippen molar-refractivity contribution in [3.8, 4) is 74.6 Å². The van der Waals surface area contributed by atoms with Crippen molar-refractivity contribution in [1.29, 1.82) is 5.26 Å². The second-order valence-corrected chi connectivity index (χ2v) is 14.2. The zero-order valence-corrected chi connectivity index (χ0v) is 33.0. The van der Waals surface area contributed by atoms with Crippen LogP contribution in [0.25, 0.3) is 67.6 Å². The third-order valence-electron chi connectivity index (χ3n) is 9.54. The maximum Gasteiger partial charge on any atom is 0.316 e. The first kappa shape index (κ1) is 38.0. The average Bonchev–Trinajstić information content (AvgIpc) is 4.04. The van der Waals surface area contributed by atoms with E-state index < -0.39 is 5.91 Å². The van der Waals surface area contributed by atoms with Crippen LogP contribution < -0.4 is 19.9 Å². The number of aromatic amines is 4. The molecule has 0 spiro atoms. The number of benzene rings is 5. The molecule has 0 unspecified atom stereocenters. The number of primary amides is 1. The highest BCUT2D eigenvalue weighted by molar-refractivity contribution is 9.10. The molecule has 15 nitrogen and oxygen atoms in total. The fourth-order valence-electron chi connectivity index (χ4n) is 6.52. The van der Waals surface area contributed by atoms with Gasteiger partial charge in [-0.1, -0.05) is 44.9 Å². The highest BCUT2D eigenvalue weighted by Crippen LogP contribution is 2.37. The maximum absolute atomic E-state index is 11.3. The third kappa shape index (κ3) is 7.65. The lowest BCUT2D eigenvalue weighted by Gasteiger charge is -2.01. The molecule has 292 valence electrons. The molecule has 0 aliphatic carbocycles. The van der Waals surface area contributed by atoms with E-state index in [-0.39, 0.29) is 11.5 Å². The SMILES string of the molecule is COc1ccc(C[n+]2[nH]c(-c3cccc(Br)c3)c(O)c2-c2nc3ccc(OC)cc3[nH]2)cc1.N#Cc1ccc(-c2n[nH]c(-c3nc4ccc(C(N)=O)cc4[nH]3)c2O)cc1. The molecule has 0 bridgehead atoms. The van der Waals surface area contributed by atoms with Crippen LogP contribution in [0.1, 0.15) is 21.5 Å². The first-order valence-corrected chi connectivity index (χ1v) is 18.8. The quantitative estimate of drug-likeness (QED) is 0.0719. The number of nitrogens with two attached hydrogens (primary N) is 1. The Bertz CT molecular complexity index is 3030. The van der Waals surface area contributed by atoms with Crippen molar-refractivity contribution >= 4 is 43.9 Å². The van der Waals surface area contributed by atoms with Crippen LogP contribution in [0.15, 0.2) is 114 Å². The molecule has 0 aliphatic heterocycles.